The number of hydrogen-bond donors (Lipinski definition) is 1. The molecule has 0 atom stereocenters. The number of rotatable bonds is 9. The molecule has 28 heavy (non-hydrogen) atoms. The Morgan fingerprint density at radius 1 is 1.29 bits per heavy atom. The maximum absolute atomic E-state index is 13.0. The molecule has 0 unspecified atom stereocenters. The van der Waals surface area contributed by atoms with Crippen molar-refractivity contribution in [1.82, 2.24) is 5.32 Å². The number of carbonyl (C=O) groups is 2. The van der Waals surface area contributed by atoms with Gasteiger partial charge in [-0.05, 0) is 24.1 Å². The fourth-order valence-corrected chi connectivity index (χ4v) is 5.21. The van der Waals surface area contributed by atoms with Crippen molar-refractivity contribution in [3.63, 3.8) is 0 Å². The second kappa shape index (κ2) is 9.82. The normalized spacial score (nSPS) is 13.7. The molecule has 10 heteroatoms. The number of anilines is 1. The number of halogens is 1. The van der Waals surface area contributed by atoms with Crippen LogP contribution in [0.25, 0.3) is 0 Å². The first-order chi connectivity index (χ1) is 13.2. The molecule has 1 aliphatic rings. The van der Waals surface area contributed by atoms with Gasteiger partial charge in [0.1, 0.15) is 0 Å². The number of hydrogen-bond acceptors (Lipinski definition) is 6. The fraction of sp³-hybridized carbons (Fsp3) is 0.556. The Kier molecular flexibility index (Phi) is 7.99. The Bertz CT molecular complexity index is 839. The molecule has 1 N–H and O–H groups in total. The van der Waals surface area contributed by atoms with E-state index in [0.29, 0.717) is 23.1 Å². The van der Waals surface area contributed by atoms with Crippen LogP contribution in [-0.4, -0.2) is 59.6 Å². The van der Waals surface area contributed by atoms with Crippen molar-refractivity contribution in [3.8, 4) is 0 Å². The molecule has 156 valence electrons. The summed E-state index contributed by atoms with van der Waals surface area (Å²) in [6.45, 7) is 2.32. The third-order valence-electron chi connectivity index (χ3n) is 4.52. The summed E-state index contributed by atoms with van der Waals surface area (Å²) in [5.74, 6) is -0.906. The average Bonchev–Trinajstić information content (AvgIpc) is 3.09. The van der Waals surface area contributed by atoms with Crippen LogP contribution in [0.15, 0.2) is 21.5 Å². The summed E-state index contributed by atoms with van der Waals surface area (Å²) in [4.78, 5) is 25.9. The van der Waals surface area contributed by atoms with Gasteiger partial charge in [-0.2, -0.15) is 0 Å². The van der Waals surface area contributed by atoms with E-state index < -0.39 is 22.0 Å². The van der Waals surface area contributed by atoms with Crippen molar-refractivity contribution in [2.75, 3.05) is 38.0 Å². The number of nitrogens with zero attached hydrogens (tertiary/aromatic N) is 1. The SMILES string of the molecule is CCC(=O)N1CCc2cc(Br)cc(S(=O)(=O)CCC(=O)NCC(OC)OC)c21. The third-order valence-corrected chi connectivity index (χ3v) is 6.70. The van der Waals surface area contributed by atoms with Crippen LogP contribution in [0.2, 0.25) is 0 Å². The van der Waals surface area contributed by atoms with E-state index in [1.54, 1.807) is 6.92 Å². The minimum atomic E-state index is -3.77. The number of sulfone groups is 1. The quantitative estimate of drug-likeness (QED) is 0.543. The number of ether oxygens (including phenoxy) is 2. The predicted molar refractivity (Wildman–Crippen MR) is 108 cm³/mol. The summed E-state index contributed by atoms with van der Waals surface area (Å²) in [7, 11) is -0.882. The van der Waals surface area contributed by atoms with Crippen LogP contribution in [-0.2, 0) is 35.3 Å². The highest BCUT2D eigenvalue weighted by Gasteiger charge is 2.32. The molecule has 0 spiro atoms. The molecule has 8 nitrogen and oxygen atoms in total. The molecule has 0 saturated heterocycles. The van der Waals surface area contributed by atoms with E-state index in [0.717, 1.165) is 5.56 Å². The average molecular weight is 477 g/mol. The van der Waals surface area contributed by atoms with Gasteiger partial charge < -0.3 is 19.7 Å². The first-order valence-corrected chi connectivity index (χ1v) is 11.4. The van der Waals surface area contributed by atoms with Crippen molar-refractivity contribution in [2.45, 2.75) is 37.4 Å². The lowest BCUT2D eigenvalue weighted by Crippen LogP contribution is -2.35. The van der Waals surface area contributed by atoms with Gasteiger partial charge in [0.2, 0.25) is 11.8 Å². The van der Waals surface area contributed by atoms with E-state index in [1.807, 2.05) is 6.07 Å². The molecule has 0 saturated carbocycles. The Morgan fingerprint density at radius 3 is 2.57 bits per heavy atom. The summed E-state index contributed by atoms with van der Waals surface area (Å²) < 4.78 is 36.5. The fourth-order valence-electron chi connectivity index (χ4n) is 3.03. The van der Waals surface area contributed by atoms with Crippen LogP contribution in [0.5, 0.6) is 0 Å². The summed E-state index contributed by atoms with van der Waals surface area (Å²) in [6.07, 6.45) is 0.0876. The maximum atomic E-state index is 13.0. The van der Waals surface area contributed by atoms with Crippen molar-refractivity contribution in [3.05, 3.63) is 22.2 Å². The monoisotopic (exact) mass is 476 g/mol. The van der Waals surface area contributed by atoms with Gasteiger partial charge >= 0.3 is 0 Å². The van der Waals surface area contributed by atoms with Crippen LogP contribution in [0.3, 0.4) is 0 Å². The Balaban J connectivity index is 2.18. The number of benzene rings is 1. The Morgan fingerprint density at radius 2 is 1.96 bits per heavy atom. The molecule has 2 amide bonds. The van der Waals surface area contributed by atoms with Crippen molar-refractivity contribution < 1.29 is 27.5 Å². The van der Waals surface area contributed by atoms with Gasteiger partial charge in [0.25, 0.3) is 0 Å². The Labute approximate surface area is 173 Å². The van der Waals surface area contributed by atoms with Gasteiger partial charge in [-0.1, -0.05) is 22.9 Å². The zero-order valence-electron chi connectivity index (χ0n) is 16.2. The van der Waals surface area contributed by atoms with Gasteiger partial charge in [0.05, 0.1) is 22.9 Å². The van der Waals surface area contributed by atoms with E-state index in [9.17, 15) is 18.0 Å². The highest BCUT2D eigenvalue weighted by atomic mass is 79.9. The van der Waals surface area contributed by atoms with Gasteiger partial charge in [-0.3, -0.25) is 9.59 Å². The minimum Gasteiger partial charge on any atom is -0.354 e. The lowest BCUT2D eigenvalue weighted by Gasteiger charge is -2.20. The molecule has 0 radical (unpaired) electrons. The van der Waals surface area contributed by atoms with E-state index in [4.69, 9.17) is 9.47 Å². The molecular formula is C18H25BrN2O6S. The highest BCUT2D eigenvalue weighted by Crippen LogP contribution is 2.38. The summed E-state index contributed by atoms with van der Waals surface area (Å²) in [5.41, 5.74) is 1.25. The molecule has 0 aromatic heterocycles. The highest BCUT2D eigenvalue weighted by molar-refractivity contribution is 9.10. The van der Waals surface area contributed by atoms with E-state index >= 15 is 0 Å². The number of amides is 2. The predicted octanol–water partition coefficient (Wildman–Crippen LogP) is 1.65. The van der Waals surface area contributed by atoms with Crippen molar-refractivity contribution >= 4 is 43.3 Å². The molecule has 2 rings (SSSR count). The molecule has 1 heterocycles. The number of carbonyl (C=O) groups excluding carboxylic acids is 2. The smallest absolute Gasteiger partial charge is 0.226 e. The Hall–Kier alpha value is -1.49. The zero-order chi connectivity index (χ0) is 20.9. The second-order valence-corrected chi connectivity index (χ2v) is 9.33. The summed E-state index contributed by atoms with van der Waals surface area (Å²) >= 11 is 3.34. The van der Waals surface area contributed by atoms with Crippen LogP contribution in [0, 0.1) is 0 Å². The standard InChI is InChI=1S/C18H25BrN2O6S/c1-4-16(23)21-7-5-12-9-13(19)10-14(18(12)21)28(24,25)8-6-15(22)20-11-17(26-2)27-3/h9-10,17H,4-8,11H2,1-3H3,(H,20,22). The molecule has 0 fully saturated rings. The summed E-state index contributed by atoms with van der Waals surface area (Å²) in [5, 5.41) is 2.58. The van der Waals surface area contributed by atoms with E-state index in [1.165, 1.54) is 25.2 Å². The zero-order valence-corrected chi connectivity index (χ0v) is 18.6. The van der Waals surface area contributed by atoms with Crippen LogP contribution in [0.4, 0.5) is 5.69 Å². The van der Waals surface area contributed by atoms with Gasteiger partial charge in [-0.25, -0.2) is 8.42 Å². The lowest BCUT2D eigenvalue weighted by atomic mass is 10.2. The van der Waals surface area contributed by atoms with Crippen LogP contribution >= 0.6 is 15.9 Å². The first kappa shape index (κ1) is 22.8. The topological polar surface area (TPSA) is 102 Å². The number of nitrogens with one attached hydrogen (secondary N) is 1. The largest absolute Gasteiger partial charge is 0.354 e. The van der Waals surface area contributed by atoms with Crippen molar-refractivity contribution in [2.24, 2.45) is 0 Å². The van der Waals surface area contributed by atoms with Gasteiger partial charge in [0, 0.05) is 38.1 Å². The van der Waals surface area contributed by atoms with Gasteiger partial charge in [0.15, 0.2) is 16.1 Å². The molecule has 1 aromatic rings. The third kappa shape index (κ3) is 5.31. The van der Waals surface area contributed by atoms with Crippen molar-refractivity contribution in [1.29, 1.82) is 0 Å². The van der Waals surface area contributed by atoms with E-state index in [-0.39, 0.29) is 35.9 Å². The van der Waals surface area contributed by atoms with Crippen LogP contribution in [0.1, 0.15) is 25.3 Å². The second-order valence-electron chi connectivity index (χ2n) is 6.33. The molecule has 1 aromatic carbocycles. The summed E-state index contributed by atoms with van der Waals surface area (Å²) in [6, 6.07) is 3.33. The first-order valence-electron chi connectivity index (χ1n) is 8.91. The van der Waals surface area contributed by atoms with Crippen LogP contribution < -0.4 is 10.2 Å². The lowest BCUT2D eigenvalue weighted by molar-refractivity contribution is -0.127. The molecule has 0 aliphatic carbocycles. The number of fused-ring (bicyclic) bond motifs is 1. The van der Waals surface area contributed by atoms with E-state index in [2.05, 4.69) is 21.2 Å². The molecular weight excluding hydrogens is 452 g/mol. The molecule has 0 bridgehead atoms. The van der Waals surface area contributed by atoms with Gasteiger partial charge in [-0.15, -0.1) is 0 Å². The maximum Gasteiger partial charge on any atom is 0.226 e. The molecule has 1 aliphatic heterocycles. The minimum absolute atomic E-state index is 0.0793. The number of methoxy groups -OCH3 is 2.